The number of halogens is 1. The first-order chi connectivity index (χ1) is 13.6. The Morgan fingerprint density at radius 1 is 1.11 bits per heavy atom. The summed E-state index contributed by atoms with van der Waals surface area (Å²) in [7, 11) is 0. The third-order valence-corrected chi connectivity index (χ3v) is 6.37. The van der Waals surface area contributed by atoms with Crippen LogP contribution in [0.1, 0.15) is 24.8 Å². The molecule has 2 aliphatic heterocycles. The first-order valence-corrected chi connectivity index (χ1v) is 11.2. The molecule has 28 heavy (non-hydrogen) atoms. The van der Waals surface area contributed by atoms with Crippen LogP contribution in [0, 0.1) is 10.5 Å². The maximum Gasteiger partial charge on any atom is 0.200 e. The lowest BCUT2D eigenvalue weighted by Crippen LogP contribution is -2.36. The van der Waals surface area contributed by atoms with Crippen molar-refractivity contribution < 1.29 is 13.9 Å². The third-order valence-electron chi connectivity index (χ3n) is 5.57. The molecule has 0 unspecified atom stereocenters. The number of fused-ring (bicyclic) bond motifs is 1. The monoisotopic (exact) mass is 498 g/mol. The molecular formula is C21H27IN2O4. The first-order valence-electron chi connectivity index (χ1n) is 10.1. The van der Waals surface area contributed by atoms with Crippen LogP contribution in [0.15, 0.2) is 21.3 Å². The second-order valence-electron chi connectivity index (χ2n) is 7.49. The standard InChI is InChI=1S/C21H27IN2O4/c1-15-20-16(18(25)14-19(28-20)24-8-10-26-11-9-24)13-17(22)21(15)27-12-7-23-5-3-2-4-6-23/h13-14H,2-12H2,1H3. The van der Waals surface area contributed by atoms with Gasteiger partial charge in [-0.15, -0.1) is 0 Å². The maximum absolute atomic E-state index is 12.7. The van der Waals surface area contributed by atoms with Gasteiger partial charge in [0.1, 0.15) is 17.9 Å². The molecular weight excluding hydrogens is 471 g/mol. The number of benzene rings is 1. The number of aryl methyl sites for hydroxylation is 1. The number of rotatable bonds is 5. The van der Waals surface area contributed by atoms with E-state index in [9.17, 15) is 4.79 Å². The van der Waals surface area contributed by atoms with E-state index in [1.54, 1.807) is 6.07 Å². The summed E-state index contributed by atoms with van der Waals surface area (Å²) < 4.78 is 18.7. The Balaban J connectivity index is 1.58. The number of likely N-dealkylation sites (tertiary alicyclic amines) is 1. The number of hydrogen-bond acceptors (Lipinski definition) is 6. The van der Waals surface area contributed by atoms with Gasteiger partial charge in [-0.25, -0.2) is 0 Å². The second kappa shape index (κ2) is 9.00. The molecule has 0 N–H and O–H groups in total. The van der Waals surface area contributed by atoms with Gasteiger partial charge in [-0.1, -0.05) is 6.42 Å². The zero-order valence-corrected chi connectivity index (χ0v) is 18.5. The molecule has 2 fully saturated rings. The second-order valence-corrected chi connectivity index (χ2v) is 8.65. The average molecular weight is 498 g/mol. The molecule has 1 aromatic heterocycles. The number of morpholine rings is 1. The molecule has 0 radical (unpaired) electrons. The van der Waals surface area contributed by atoms with Crippen LogP contribution in [-0.2, 0) is 4.74 Å². The number of ether oxygens (including phenoxy) is 2. The average Bonchev–Trinajstić information content (AvgIpc) is 2.72. The Bertz CT molecular complexity index is 886. The van der Waals surface area contributed by atoms with Crippen molar-refractivity contribution >= 4 is 39.4 Å². The van der Waals surface area contributed by atoms with Crippen molar-refractivity contribution in [1.82, 2.24) is 4.90 Å². The number of hydrogen-bond donors (Lipinski definition) is 0. The fourth-order valence-electron chi connectivity index (χ4n) is 3.96. The molecule has 0 atom stereocenters. The molecule has 2 saturated heterocycles. The van der Waals surface area contributed by atoms with E-state index in [4.69, 9.17) is 13.9 Å². The lowest BCUT2D eigenvalue weighted by molar-refractivity contribution is 0.121. The van der Waals surface area contributed by atoms with Crippen LogP contribution < -0.4 is 15.1 Å². The maximum atomic E-state index is 12.7. The van der Waals surface area contributed by atoms with Gasteiger partial charge in [0.25, 0.3) is 0 Å². The van der Waals surface area contributed by atoms with Gasteiger partial charge < -0.3 is 18.8 Å². The minimum atomic E-state index is -0.0105. The normalized spacial score (nSPS) is 18.6. The Morgan fingerprint density at radius 2 is 1.86 bits per heavy atom. The fourth-order valence-corrected chi connectivity index (χ4v) is 4.83. The number of anilines is 1. The van der Waals surface area contributed by atoms with Crippen molar-refractivity contribution in [2.75, 3.05) is 57.4 Å². The van der Waals surface area contributed by atoms with Gasteiger partial charge in [-0.2, -0.15) is 0 Å². The van der Waals surface area contributed by atoms with E-state index in [0.29, 0.717) is 36.7 Å². The predicted octanol–water partition coefficient (Wildman–Crippen LogP) is 3.41. The highest BCUT2D eigenvalue weighted by Gasteiger charge is 2.19. The summed E-state index contributed by atoms with van der Waals surface area (Å²) in [5.74, 6) is 1.44. The molecule has 0 saturated carbocycles. The quantitative estimate of drug-likeness (QED) is 0.590. The molecule has 2 aromatic rings. The van der Waals surface area contributed by atoms with Gasteiger partial charge in [-0.05, 0) is 61.5 Å². The summed E-state index contributed by atoms with van der Waals surface area (Å²) in [6, 6.07) is 3.48. The fraction of sp³-hybridized carbons (Fsp3) is 0.571. The van der Waals surface area contributed by atoms with Gasteiger partial charge in [-0.3, -0.25) is 9.69 Å². The lowest BCUT2D eigenvalue weighted by atomic mass is 10.1. The van der Waals surface area contributed by atoms with Gasteiger partial charge in [0.15, 0.2) is 11.3 Å². The van der Waals surface area contributed by atoms with Crippen LogP contribution in [0.3, 0.4) is 0 Å². The van der Waals surface area contributed by atoms with Crippen LogP contribution in [0.4, 0.5) is 5.88 Å². The van der Waals surface area contributed by atoms with Crippen LogP contribution in [0.5, 0.6) is 5.75 Å². The van der Waals surface area contributed by atoms with E-state index in [2.05, 4.69) is 32.4 Å². The van der Waals surface area contributed by atoms with Gasteiger partial charge >= 0.3 is 0 Å². The SMILES string of the molecule is Cc1c(OCCN2CCCCC2)c(I)cc2c(=O)cc(N3CCOCC3)oc12. The highest BCUT2D eigenvalue weighted by Crippen LogP contribution is 2.33. The third kappa shape index (κ3) is 4.31. The van der Waals surface area contributed by atoms with E-state index in [-0.39, 0.29) is 5.43 Å². The zero-order chi connectivity index (χ0) is 19.5. The Hall–Kier alpha value is -1.32. The summed E-state index contributed by atoms with van der Waals surface area (Å²) in [4.78, 5) is 17.2. The molecule has 6 nitrogen and oxygen atoms in total. The smallest absolute Gasteiger partial charge is 0.200 e. The summed E-state index contributed by atoms with van der Waals surface area (Å²) in [5, 5.41) is 0.613. The molecule has 2 aliphatic rings. The first kappa shape index (κ1) is 20.0. The molecule has 0 bridgehead atoms. The number of piperidine rings is 1. The van der Waals surface area contributed by atoms with Gasteiger partial charge in [0, 0.05) is 31.3 Å². The predicted molar refractivity (Wildman–Crippen MR) is 119 cm³/mol. The highest BCUT2D eigenvalue weighted by atomic mass is 127. The van der Waals surface area contributed by atoms with Crippen LogP contribution in [0.25, 0.3) is 11.0 Å². The molecule has 0 spiro atoms. The van der Waals surface area contributed by atoms with Crippen LogP contribution >= 0.6 is 22.6 Å². The van der Waals surface area contributed by atoms with Gasteiger partial charge in [0.05, 0.1) is 22.2 Å². The largest absolute Gasteiger partial charge is 0.491 e. The summed E-state index contributed by atoms with van der Waals surface area (Å²) in [5.41, 5.74) is 1.51. The highest BCUT2D eigenvalue weighted by molar-refractivity contribution is 14.1. The van der Waals surface area contributed by atoms with Gasteiger partial charge in [0.2, 0.25) is 0 Å². The van der Waals surface area contributed by atoms with E-state index in [1.807, 2.05) is 13.0 Å². The molecule has 4 rings (SSSR count). The lowest BCUT2D eigenvalue weighted by Gasteiger charge is -2.27. The molecule has 3 heterocycles. The molecule has 152 valence electrons. The molecule has 7 heteroatoms. The van der Waals surface area contributed by atoms with Crippen molar-refractivity contribution in [2.24, 2.45) is 0 Å². The summed E-state index contributed by atoms with van der Waals surface area (Å²) >= 11 is 2.25. The minimum absolute atomic E-state index is 0.0105. The van der Waals surface area contributed by atoms with E-state index >= 15 is 0 Å². The Kier molecular flexibility index (Phi) is 6.42. The van der Waals surface area contributed by atoms with Crippen LogP contribution in [0.2, 0.25) is 0 Å². The summed E-state index contributed by atoms with van der Waals surface area (Å²) in [6.45, 7) is 8.66. The van der Waals surface area contributed by atoms with Crippen molar-refractivity contribution in [3.63, 3.8) is 0 Å². The molecule has 0 amide bonds. The van der Waals surface area contributed by atoms with Crippen molar-refractivity contribution in [3.05, 3.63) is 31.5 Å². The van der Waals surface area contributed by atoms with E-state index < -0.39 is 0 Å². The van der Waals surface area contributed by atoms with Crippen molar-refractivity contribution in [2.45, 2.75) is 26.2 Å². The topological polar surface area (TPSA) is 55.2 Å². The zero-order valence-electron chi connectivity index (χ0n) is 16.3. The van der Waals surface area contributed by atoms with E-state index in [0.717, 1.165) is 47.6 Å². The number of nitrogens with zero attached hydrogens (tertiary/aromatic N) is 2. The Morgan fingerprint density at radius 3 is 2.61 bits per heavy atom. The minimum Gasteiger partial charge on any atom is -0.491 e. The molecule has 0 aliphatic carbocycles. The van der Waals surface area contributed by atoms with Crippen molar-refractivity contribution in [3.8, 4) is 5.75 Å². The Labute approximate surface area is 178 Å². The summed E-state index contributed by atoms with van der Waals surface area (Å²) in [6.07, 6.45) is 3.90. The van der Waals surface area contributed by atoms with Crippen LogP contribution in [-0.4, -0.2) is 57.4 Å². The van der Waals surface area contributed by atoms with Crippen molar-refractivity contribution in [1.29, 1.82) is 0 Å². The molecule has 1 aromatic carbocycles. The van der Waals surface area contributed by atoms with E-state index in [1.165, 1.54) is 19.3 Å².